The minimum Gasteiger partial charge on any atom is -0.374 e. The third kappa shape index (κ3) is 3.50. The van der Waals surface area contributed by atoms with Gasteiger partial charge in [0.15, 0.2) is 0 Å². The fourth-order valence-electron chi connectivity index (χ4n) is 3.09. The van der Waals surface area contributed by atoms with Gasteiger partial charge in [0.05, 0.1) is 11.4 Å². The number of amides is 2. The fraction of sp³-hybridized carbons (Fsp3) is 0.300. The summed E-state index contributed by atoms with van der Waals surface area (Å²) in [4.78, 5) is 26.5. The van der Waals surface area contributed by atoms with E-state index in [4.69, 9.17) is 0 Å². The second-order valence-corrected chi connectivity index (χ2v) is 6.60. The van der Waals surface area contributed by atoms with Gasteiger partial charge in [-0.25, -0.2) is 0 Å². The van der Waals surface area contributed by atoms with E-state index in [1.165, 1.54) is 5.56 Å². The van der Waals surface area contributed by atoms with Crippen LogP contribution in [-0.2, 0) is 9.59 Å². The molecule has 0 unspecified atom stereocenters. The van der Waals surface area contributed by atoms with Crippen LogP contribution in [0.25, 0.3) is 0 Å². The fourth-order valence-corrected chi connectivity index (χ4v) is 3.09. The SMILES string of the molecule is CC(C)c1ccccc1N[C@@H](C)C(=O)N1CC(=O)Nc2ccccc21. The summed E-state index contributed by atoms with van der Waals surface area (Å²) >= 11 is 0. The molecule has 2 aromatic carbocycles. The van der Waals surface area contributed by atoms with Gasteiger partial charge in [0.2, 0.25) is 11.8 Å². The molecular weight excluding hydrogens is 314 g/mol. The van der Waals surface area contributed by atoms with E-state index in [1.54, 1.807) is 11.0 Å². The average molecular weight is 337 g/mol. The third-order valence-electron chi connectivity index (χ3n) is 4.36. The largest absolute Gasteiger partial charge is 0.374 e. The van der Waals surface area contributed by atoms with Gasteiger partial charge in [0.25, 0.3) is 0 Å². The molecule has 1 aliphatic heterocycles. The molecule has 0 saturated carbocycles. The Balaban J connectivity index is 1.83. The van der Waals surface area contributed by atoms with Crippen LogP contribution in [0.4, 0.5) is 17.1 Å². The topological polar surface area (TPSA) is 61.4 Å². The van der Waals surface area contributed by atoms with Crippen molar-refractivity contribution in [1.82, 2.24) is 0 Å². The number of nitrogens with one attached hydrogen (secondary N) is 2. The van der Waals surface area contributed by atoms with E-state index < -0.39 is 6.04 Å². The third-order valence-corrected chi connectivity index (χ3v) is 4.36. The highest BCUT2D eigenvalue weighted by atomic mass is 16.2. The Bertz CT molecular complexity index is 801. The maximum absolute atomic E-state index is 13.0. The quantitative estimate of drug-likeness (QED) is 0.896. The lowest BCUT2D eigenvalue weighted by Crippen LogP contribution is -2.47. The van der Waals surface area contributed by atoms with E-state index >= 15 is 0 Å². The lowest BCUT2D eigenvalue weighted by Gasteiger charge is -2.31. The summed E-state index contributed by atoms with van der Waals surface area (Å²) in [6, 6.07) is 14.9. The highest BCUT2D eigenvalue weighted by Gasteiger charge is 2.29. The molecule has 3 rings (SSSR count). The second kappa shape index (κ2) is 6.97. The van der Waals surface area contributed by atoms with Gasteiger partial charge in [-0.1, -0.05) is 44.2 Å². The van der Waals surface area contributed by atoms with Crippen LogP contribution in [0.3, 0.4) is 0 Å². The van der Waals surface area contributed by atoms with E-state index in [1.807, 2.05) is 43.3 Å². The lowest BCUT2D eigenvalue weighted by atomic mass is 10.0. The van der Waals surface area contributed by atoms with Crippen LogP contribution in [0, 0.1) is 0 Å². The normalized spacial score (nSPS) is 14.7. The Morgan fingerprint density at radius 2 is 1.76 bits per heavy atom. The van der Waals surface area contributed by atoms with Gasteiger partial charge in [-0.15, -0.1) is 0 Å². The minimum absolute atomic E-state index is 0.0354. The summed E-state index contributed by atoms with van der Waals surface area (Å²) in [5, 5.41) is 6.12. The molecule has 0 spiro atoms. The number of benzene rings is 2. The zero-order valence-electron chi connectivity index (χ0n) is 14.7. The molecule has 0 aromatic heterocycles. The number of hydrogen-bond acceptors (Lipinski definition) is 3. The molecule has 1 heterocycles. The van der Waals surface area contributed by atoms with Gasteiger partial charge < -0.3 is 10.6 Å². The van der Waals surface area contributed by atoms with Crippen molar-refractivity contribution < 1.29 is 9.59 Å². The summed E-state index contributed by atoms with van der Waals surface area (Å²) in [7, 11) is 0. The summed E-state index contributed by atoms with van der Waals surface area (Å²) < 4.78 is 0. The average Bonchev–Trinajstić information content (AvgIpc) is 2.60. The first-order valence-corrected chi connectivity index (χ1v) is 8.53. The molecule has 25 heavy (non-hydrogen) atoms. The molecule has 1 atom stereocenters. The number of para-hydroxylation sites is 3. The highest BCUT2D eigenvalue weighted by Crippen LogP contribution is 2.30. The Hall–Kier alpha value is -2.82. The highest BCUT2D eigenvalue weighted by molar-refractivity contribution is 6.11. The Kier molecular flexibility index (Phi) is 4.74. The first-order chi connectivity index (χ1) is 12.0. The number of nitrogens with zero attached hydrogens (tertiary/aromatic N) is 1. The predicted molar refractivity (Wildman–Crippen MR) is 101 cm³/mol. The van der Waals surface area contributed by atoms with E-state index in [0.717, 1.165) is 11.4 Å². The van der Waals surface area contributed by atoms with Crippen molar-refractivity contribution >= 4 is 28.9 Å². The molecule has 0 bridgehead atoms. The van der Waals surface area contributed by atoms with Crippen molar-refractivity contribution in [3.05, 3.63) is 54.1 Å². The second-order valence-electron chi connectivity index (χ2n) is 6.60. The van der Waals surface area contributed by atoms with E-state index in [2.05, 4.69) is 30.5 Å². The zero-order chi connectivity index (χ0) is 18.0. The molecular formula is C20H23N3O2. The van der Waals surface area contributed by atoms with Gasteiger partial charge in [0, 0.05) is 5.69 Å². The van der Waals surface area contributed by atoms with Gasteiger partial charge in [0.1, 0.15) is 12.6 Å². The van der Waals surface area contributed by atoms with Gasteiger partial charge in [-0.3, -0.25) is 14.5 Å². The Morgan fingerprint density at radius 1 is 1.08 bits per heavy atom. The number of carbonyl (C=O) groups excluding carboxylic acids is 2. The van der Waals surface area contributed by atoms with Crippen LogP contribution in [0.1, 0.15) is 32.3 Å². The van der Waals surface area contributed by atoms with E-state index in [9.17, 15) is 9.59 Å². The molecule has 2 amide bonds. The summed E-state index contributed by atoms with van der Waals surface area (Å²) in [6.45, 7) is 6.11. The van der Waals surface area contributed by atoms with Crippen LogP contribution >= 0.6 is 0 Å². The summed E-state index contributed by atoms with van der Waals surface area (Å²) in [6.07, 6.45) is 0. The van der Waals surface area contributed by atoms with Crippen molar-refractivity contribution in [3.63, 3.8) is 0 Å². The number of rotatable bonds is 4. The predicted octanol–water partition coefficient (Wildman–Crippen LogP) is 3.60. The standard InChI is InChI=1S/C20H23N3O2/c1-13(2)15-8-4-5-9-16(15)21-14(3)20(25)23-12-19(24)22-17-10-6-7-11-18(17)23/h4-11,13-14,21H,12H2,1-3H3,(H,22,24)/t14-/m0/s1. The number of anilines is 3. The summed E-state index contributed by atoms with van der Waals surface area (Å²) in [5.74, 6) is 0.0511. The maximum Gasteiger partial charge on any atom is 0.249 e. The van der Waals surface area contributed by atoms with Crippen molar-refractivity contribution in [3.8, 4) is 0 Å². The molecule has 2 N–H and O–H groups in total. The first-order valence-electron chi connectivity index (χ1n) is 8.53. The van der Waals surface area contributed by atoms with Gasteiger partial charge >= 0.3 is 0 Å². The van der Waals surface area contributed by atoms with Crippen molar-refractivity contribution in [2.75, 3.05) is 22.1 Å². The zero-order valence-corrected chi connectivity index (χ0v) is 14.7. The van der Waals surface area contributed by atoms with Crippen LogP contribution in [0.15, 0.2) is 48.5 Å². The van der Waals surface area contributed by atoms with Crippen molar-refractivity contribution in [2.24, 2.45) is 0 Å². The Morgan fingerprint density at radius 3 is 2.52 bits per heavy atom. The van der Waals surface area contributed by atoms with Crippen molar-refractivity contribution in [2.45, 2.75) is 32.7 Å². The minimum atomic E-state index is -0.446. The van der Waals surface area contributed by atoms with Crippen LogP contribution < -0.4 is 15.5 Å². The van der Waals surface area contributed by atoms with Gasteiger partial charge in [-0.05, 0) is 36.6 Å². The molecule has 0 fully saturated rings. The monoisotopic (exact) mass is 337 g/mol. The molecule has 0 aliphatic carbocycles. The first kappa shape index (κ1) is 17.0. The smallest absolute Gasteiger partial charge is 0.249 e. The molecule has 2 aromatic rings. The molecule has 0 saturated heterocycles. The van der Waals surface area contributed by atoms with E-state index in [0.29, 0.717) is 11.6 Å². The van der Waals surface area contributed by atoms with E-state index in [-0.39, 0.29) is 18.4 Å². The lowest BCUT2D eigenvalue weighted by molar-refractivity contribution is -0.122. The van der Waals surface area contributed by atoms with Crippen molar-refractivity contribution in [1.29, 1.82) is 0 Å². The molecule has 5 nitrogen and oxygen atoms in total. The van der Waals surface area contributed by atoms with Crippen LogP contribution in [0.2, 0.25) is 0 Å². The molecule has 5 heteroatoms. The number of fused-ring (bicyclic) bond motifs is 1. The summed E-state index contributed by atoms with van der Waals surface area (Å²) in [5.41, 5.74) is 3.52. The molecule has 130 valence electrons. The number of carbonyl (C=O) groups is 2. The Labute approximate surface area is 148 Å². The van der Waals surface area contributed by atoms with Gasteiger partial charge in [-0.2, -0.15) is 0 Å². The number of hydrogen-bond donors (Lipinski definition) is 2. The maximum atomic E-state index is 13.0. The molecule has 1 aliphatic rings. The van der Waals surface area contributed by atoms with Crippen LogP contribution in [-0.4, -0.2) is 24.4 Å². The van der Waals surface area contributed by atoms with Crippen LogP contribution in [0.5, 0.6) is 0 Å². The molecule has 0 radical (unpaired) electrons.